The number of unbranched alkanes of at least 4 members (excludes halogenated alkanes) is 2. The van der Waals surface area contributed by atoms with E-state index in [-0.39, 0.29) is 22.6 Å². The minimum Gasteiger partial charge on any atom is -0.422 e. The molecule has 49 heavy (non-hydrogen) atoms. The largest absolute Gasteiger partial charge is 0.461 e. The van der Waals surface area contributed by atoms with Crippen molar-refractivity contribution >= 4 is 0 Å². The maximum absolute atomic E-state index is 15.1. The summed E-state index contributed by atoms with van der Waals surface area (Å²) in [5.74, 6) is -5.85. The number of hydrogen-bond acceptors (Lipinski definition) is 2. The van der Waals surface area contributed by atoms with Gasteiger partial charge in [0.05, 0.1) is 11.7 Å². The quantitative estimate of drug-likeness (QED) is 0.102. The molecule has 1 fully saturated rings. The Kier molecular flexibility index (Phi) is 11.3. The van der Waals surface area contributed by atoms with Gasteiger partial charge in [-0.25, -0.2) is 13.2 Å². The second-order valence-electron chi connectivity index (χ2n) is 12.3. The van der Waals surface area contributed by atoms with Crippen LogP contribution < -0.4 is 4.74 Å². The molecule has 0 unspecified atom stereocenters. The van der Waals surface area contributed by atoms with Crippen LogP contribution in [-0.2, 0) is 17.3 Å². The van der Waals surface area contributed by atoms with E-state index in [2.05, 4.69) is 11.7 Å². The summed E-state index contributed by atoms with van der Waals surface area (Å²) in [5, 5.41) is 0. The molecule has 5 rings (SSSR count). The second-order valence-corrected chi connectivity index (χ2v) is 12.3. The minimum atomic E-state index is -5.13. The van der Waals surface area contributed by atoms with Gasteiger partial charge in [-0.15, -0.1) is 0 Å². The van der Waals surface area contributed by atoms with Gasteiger partial charge in [0.1, 0.15) is 5.82 Å². The number of hydrogen-bond donors (Lipinski definition) is 0. The van der Waals surface area contributed by atoms with Crippen LogP contribution in [0.25, 0.3) is 22.3 Å². The predicted octanol–water partition coefficient (Wildman–Crippen LogP) is 12.2. The molecule has 262 valence electrons. The molecule has 11 heteroatoms. The lowest BCUT2D eigenvalue weighted by atomic mass is 9.82. The molecule has 1 aliphatic rings. The zero-order valence-electron chi connectivity index (χ0n) is 26.6. The van der Waals surface area contributed by atoms with Gasteiger partial charge >= 0.3 is 18.6 Å². The Morgan fingerprint density at radius 1 is 0.694 bits per heavy atom. The molecule has 0 amide bonds. The third-order valence-electron chi connectivity index (χ3n) is 8.83. The van der Waals surface area contributed by atoms with E-state index < -0.39 is 47.9 Å². The Balaban J connectivity index is 1.18. The predicted molar refractivity (Wildman–Crippen MR) is 168 cm³/mol. The first-order valence-electron chi connectivity index (χ1n) is 16.2. The van der Waals surface area contributed by atoms with Crippen LogP contribution >= 0.6 is 0 Å². The van der Waals surface area contributed by atoms with Crippen molar-refractivity contribution < 1.29 is 49.0 Å². The molecule has 4 aromatic carbocycles. The summed E-state index contributed by atoms with van der Waals surface area (Å²) < 4.78 is 134. The highest BCUT2D eigenvalue weighted by molar-refractivity contribution is 5.71. The molecule has 1 saturated carbocycles. The number of aryl methyl sites for hydroxylation is 1. The van der Waals surface area contributed by atoms with Gasteiger partial charge in [0.2, 0.25) is 0 Å². The summed E-state index contributed by atoms with van der Waals surface area (Å²) in [7, 11) is 0. The monoisotopic (exact) mass is 694 g/mol. The van der Waals surface area contributed by atoms with E-state index in [9.17, 15) is 35.1 Å². The Labute approximate surface area is 278 Å². The van der Waals surface area contributed by atoms with Crippen molar-refractivity contribution in [2.75, 3.05) is 0 Å². The highest BCUT2D eigenvalue weighted by Gasteiger charge is 2.45. The molecule has 0 saturated heterocycles. The van der Waals surface area contributed by atoms with Crippen LogP contribution in [0.1, 0.15) is 74.5 Å². The highest BCUT2D eigenvalue weighted by Crippen LogP contribution is 2.40. The lowest BCUT2D eigenvalue weighted by Crippen LogP contribution is -2.34. The molecule has 0 heterocycles. The molecule has 0 atom stereocenters. The molecule has 0 N–H and O–H groups in total. The van der Waals surface area contributed by atoms with Crippen molar-refractivity contribution in [3.63, 3.8) is 0 Å². The summed E-state index contributed by atoms with van der Waals surface area (Å²) in [5.41, 5.74) is 2.34. The Bertz CT molecular complexity index is 1670. The number of alkyl halides is 6. The summed E-state index contributed by atoms with van der Waals surface area (Å²) in [6, 6.07) is 18.6. The average Bonchev–Trinajstić information content (AvgIpc) is 3.07. The SMILES string of the molecule is CCCCCc1ccc(C(F)(F)OC2CCC(c3ccc(-c4ccc(-c5cc(F)c(OC(F)(F)C(F)F)c(F)c5)c(F)c4)cc3)CC2)cc1. The van der Waals surface area contributed by atoms with Gasteiger partial charge in [0, 0.05) is 5.56 Å². The van der Waals surface area contributed by atoms with Crippen molar-refractivity contribution in [3.8, 4) is 28.0 Å². The zero-order chi connectivity index (χ0) is 35.3. The molecule has 1 aliphatic carbocycles. The van der Waals surface area contributed by atoms with Crippen molar-refractivity contribution in [2.45, 2.75) is 89.0 Å². The number of benzene rings is 4. The molecule has 0 aliphatic heterocycles. The fourth-order valence-electron chi connectivity index (χ4n) is 6.11. The second kappa shape index (κ2) is 15.3. The minimum absolute atomic E-state index is 0.126. The summed E-state index contributed by atoms with van der Waals surface area (Å²) in [4.78, 5) is 0. The van der Waals surface area contributed by atoms with Crippen LogP contribution in [0.15, 0.2) is 78.9 Å². The topological polar surface area (TPSA) is 18.5 Å². The van der Waals surface area contributed by atoms with Crippen LogP contribution in [0.5, 0.6) is 5.75 Å². The van der Waals surface area contributed by atoms with Crippen LogP contribution in [0.2, 0.25) is 0 Å². The fourth-order valence-corrected chi connectivity index (χ4v) is 6.11. The smallest absolute Gasteiger partial charge is 0.422 e. The summed E-state index contributed by atoms with van der Waals surface area (Å²) >= 11 is 0. The van der Waals surface area contributed by atoms with E-state index in [4.69, 9.17) is 4.74 Å². The molecular formula is C38H35F9O2. The Morgan fingerprint density at radius 2 is 1.29 bits per heavy atom. The van der Waals surface area contributed by atoms with E-state index in [1.807, 2.05) is 12.1 Å². The van der Waals surface area contributed by atoms with E-state index >= 15 is 4.39 Å². The third-order valence-corrected chi connectivity index (χ3v) is 8.83. The fraction of sp³-hybridized carbons (Fsp3) is 0.368. The average molecular weight is 695 g/mol. The Hall–Kier alpha value is -3.99. The highest BCUT2D eigenvalue weighted by atomic mass is 19.3. The van der Waals surface area contributed by atoms with Crippen molar-refractivity contribution in [2.24, 2.45) is 0 Å². The number of ether oxygens (including phenoxy) is 2. The molecule has 4 aromatic rings. The van der Waals surface area contributed by atoms with Crippen LogP contribution in [0.3, 0.4) is 0 Å². The lowest BCUT2D eigenvalue weighted by Gasteiger charge is -2.31. The van der Waals surface area contributed by atoms with Crippen LogP contribution in [0, 0.1) is 17.5 Å². The molecule has 0 radical (unpaired) electrons. The van der Waals surface area contributed by atoms with Gasteiger partial charge in [-0.3, -0.25) is 0 Å². The van der Waals surface area contributed by atoms with Gasteiger partial charge in [-0.05, 0) is 90.5 Å². The zero-order valence-corrected chi connectivity index (χ0v) is 26.6. The normalized spacial score (nSPS) is 17.0. The summed E-state index contributed by atoms with van der Waals surface area (Å²) in [6.07, 6.45) is -7.13. The Morgan fingerprint density at radius 3 is 1.86 bits per heavy atom. The van der Waals surface area contributed by atoms with Gasteiger partial charge in [0.25, 0.3) is 0 Å². The molecule has 0 bridgehead atoms. The maximum atomic E-state index is 15.1. The first-order chi connectivity index (χ1) is 23.3. The van der Waals surface area contributed by atoms with Crippen molar-refractivity contribution in [3.05, 3.63) is 113 Å². The molecule has 0 spiro atoms. The number of halogens is 9. The van der Waals surface area contributed by atoms with Gasteiger partial charge in [0.15, 0.2) is 17.4 Å². The first-order valence-corrected chi connectivity index (χ1v) is 16.2. The van der Waals surface area contributed by atoms with E-state index in [0.29, 0.717) is 48.9 Å². The van der Waals surface area contributed by atoms with Crippen molar-refractivity contribution in [1.82, 2.24) is 0 Å². The van der Waals surface area contributed by atoms with E-state index in [1.54, 1.807) is 24.3 Å². The molecular weight excluding hydrogens is 659 g/mol. The molecule has 2 nitrogen and oxygen atoms in total. The standard InChI is InChI=1S/C38H35F9O2/c1-2-3-4-5-23-6-15-29(16-7-23)37(44,45)48-30-17-12-25(13-18-30)24-8-10-26(11-9-24)27-14-19-31(32(39)20-27)28-21-33(40)35(34(41)22-28)49-38(46,47)36(42)43/h6-11,14-16,19-22,25,30,36H,2-5,12-13,17-18H2,1H3. The first kappa shape index (κ1) is 36.3. The van der Waals surface area contributed by atoms with Crippen LogP contribution in [0.4, 0.5) is 39.5 Å². The molecule has 0 aromatic heterocycles. The summed E-state index contributed by atoms with van der Waals surface area (Å²) in [6.45, 7) is 2.11. The maximum Gasteiger partial charge on any atom is 0.461 e. The lowest BCUT2D eigenvalue weighted by molar-refractivity contribution is -0.277. The van der Waals surface area contributed by atoms with Gasteiger partial charge in [-0.2, -0.15) is 26.3 Å². The third kappa shape index (κ3) is 8.79. The van der Waals surface area contributed by atoms with Gasteiger partial charge in [-0.1, -0.05) is 80.4 Å². The van der Waals surface area contributed by atoms with E-state index in [0.717, 1.165) is 42.9 Å². The van der Waals surface area contributed by atoms with Crippen LogP contribution in [-0.4, -0.2) is 18.6 Å². The van der Waals surface area contributed by atoms with Gasteiger partial charge < -0.3 is 9.47 Å². The van der Waals surface area contributed by atoms with E-state index in [1.165, 1.54) is 24.3 Å². The number of rotatable bonds is 13. The van der Waals surface area contributed by atoms with Crippen molar-refractivity contribution in [1.29, 1.82) is 0 Å².